The molecular formula is C20H15FN2O5. The van der Waals surface area contributed by atoms with E-state index in [1.54, 1.807) is 18.2 Å². The van der Waals surface area contributed by atoms with Gasteiger partial charge in [-0.25, -0.2) is 4.39 Å². The summed E-state index contributed by atoms with van der Waals surface area (Å²) in [6, 6.07) is 13.3. The van der Waals surface area contributed by atoms with Gasteiger partial charge in [0.05, 0.1) is 10.6 Å². The number of halogens is 1. The molecular weight excluding hydrogens is 367 g/mol. The number of non-ortho nitro benzene ring substituents is 1. The van der Waals surface area contributed by atoms with E-state index in [1.807, 2.05) is 0 Å². The maximum Gasteiger partial charge on any atom is 0.293 e. The van der Waals surface area contributed by atoms with Crippen LogP contribution in [0.1, 0.15) is 21.9 Å². The third-order valence-corrected chi connectivity index (χ3v) is 4.49. The van der Waals surface area contributed by atoms with E-state index in [0.717, 1.165) is 5.56 Å². The fourth-order valence-electron chi connectivity index (χ4n) is 3.08. The van der Waals surface area contributed by atoms with E-state index in [9.17, 15) is 19.3 Å². The van der Waals surface area contributed by atoms with Gasteiger partial charge in [-0.05, 0) is 48.4 Å². The average Bonchev–Trinajstić information content (AvgIpc) is 3.33. The van der Waals surface area contributed by atoms with Gasteiger partial charge in [0.25, 0.3) is 11.6 Å². The van der Waals surface area contributed by atoms with Crippen LogP contribution in [-0.2, 0) is 13.0 Å². The molecule has 1 aliphatic heterocycles. The number of carbonyl (C=O) groups is 1. The Hall–Kier alpha value is -3.68. The number of nitrogens with zero attached hydrogens (tertiary/aromatic N) is 2. The van der Waals surface area contributed by atoms with Gasteiger partial charge in [0.1, 0.15) is 23.9 Å². The lowest BCUT2D eigenvalue weighted by Gasteiger charge is -2.15. The summed E-state index contributed by atoms with van der Waals surface area (Å²) in [6.45, 7) is 0.512. The van der Waals surface area contributed by atoms with Crippen molar-refractivity contribution in [1.82, 2.24) is 0 Å². The quantitative estimate of drug-likeness (QED) is 0.490. The standard InChI is InChI=1S/C20H15FN2O5/c21-14-2-5-16(6-3-14)27-12-17-7-8-19(28-17)20(24)22-10-9-13-1-4-15(23(25)26)11-18(13)22/h1-8,11H,9-10,12H2. The molecule has 2 heterocycles. The van der Waals surface area contributed by atoms with Gasteiger partial charge in [-0.15, -0.1) is 0 Å². The molecule has 0 N–H and O–H groups in total. The number of carbonyl (C=O) groups excluding carboxylic acids is 1. The number of benzene rings is 2. The number of hydrogen-bond acceptors (Lipinski definition) is 5. The van der Waals surface area contributed by atoms with E-state index < -0.39 is 4.92 Å². The van der Waals surface area contributed by atoms with Gasteiger partial charge in [-0.3, -0.25) is 14.9 Å². The zero-order valence-corrected chi connectivity index (χ0v) is 14.6. The summed E-state index contributed by atoms with van der Waals surface area (Å²) in [5.41, 5.74) is 1.34. The van der Waals surface area contributed by atoms with E-state index in [1.165, 1.54) is 41.3 Å². The largest absolute Gasteiger partial charge is 0.486 e. The second kappa shape index (κ2) is 7.15. The molecule has 0 saturated heterocycles. The van der Waals surface area contributed by atoms with Crippen LogP contribution in [0.5, 0.6) is 5.75 Å². The number of fused-ring (bicyclic) bond motifs is 1. The minimum atomic E-state index is -0.487. The fourth-order valence-corrected chi connectivity index (χ4v) is 3.08. The van der Waals surface area contributed by atoms with Crippen LogP contribution in [0.2, 0.25) is 0 Å². The third kappa shape index (κ3) is 3.44. The van der Waals surface area contributed by atoms with Gasteiger partial charge in [-0.2, -0.15) is 0 Å². The SMILES string of the molecule is O=C(c1ccc(COc2ccc(F)cc2)o1)N1CCc2ccc([N+](=O)[O-])cc21. The van der Waals surface area contributed by atoms with E-state index in [2.05, 4.69) is 0 Å². The average molecular weight is 382 g/mol. The minimum absolute atomic E-state index is 0.0636. The first kappa shape index (κ1) is 17.7. The summed E-state index contributed by atoms with van der Waals surface area (Å²) in [4.78, 5) is 24.8. The van der Waals surface area contributed by atoms with Crippen LogP contribution < -0.4 is 9.64 Å². The van der Waals surface area contributed by atoms with Crippen molar-refractivity contribution >= 4 is 17.3 Å². The smallest absolute Gasteiger partial charge is 0.293 e. The van der Waals surface area contributed by atoms with Gasteiger partial charge in [0.2, 0.25) is 0 Å². The molecule has 0 spiro atoms. The summed E-state index contributed by atoms with van der Waals surface area (Å²) in [7, 11) is 0. The Morgan fingerprint density at radius 2 is 1.96 bits per heavy atom. The van der Waals surface area contributed by atoms with Crippen molar-refractivity contribution in [3.05, 3.63) is 87.6 Å². The minimum Gasteiger partial charge on any atom is -0.486 e. The van der Waals surface area contributed by atoms with Crippen molar-refractivity contribution in [3.8, 4) is 5.75 Å². The number of hydrogen-bond donors (Lipinski definition) is 0. The molecule has 142 valence electrons. The predicted molar refractivity (Wildman–Crippen MR) is 97.9 cm³/mol. The highest BCUT2D eigenvalue weighted by Gasteiger charge is 2.29. The highest BCUT2D eigenvalue weighted by atomic mass is 19.1. The Morgan fingerprint density at radius 3 is 2.71 bits per heavy atom. The van der Waals surface area contributed by atoms with Crippen molar-refractivity contribution in [3.63, 3.8) is 0 Å². The Kier molecular flexibility index (Phi) is 4.52. The molecule has 0 radical (unpaired) electrons. The first-order valence-electron chi connectivity index (χ1n) is 8.57. The number of anilines is 1. The lowest BCUT2D eigenvalue weighted by Crippen LogP contribution is -2.28. The maximum atomic E-state index is 12.9. The van der Waals surface area contributed by atoms with E-state index >= 15 is 0 Å². The molecule has 0 bridgehead atoms. The Balaban J connectivity index is 1.47. The molecule has 2 aromatic carbocycles. The normalized spacial score (nSPS) is 12.7. The van der Waals surface area contributed by atoms with Crippen molar-refractivity contribution < 1.29 is 23.3 Å². The fraction of sp³-hybridized carbons (Fsp3) is 0.150. The lowest BCUT2D eigenvalue weighted by atomic mass is 10.1. The summed E-state index contributed by atoms with van der Waals surface area (Å²) in [5.74, 6) is 0.311. The Morgan fingerprint density at radius 1 is 1.18 bits per heavy atom. The summed E-state index contributed by atoms with van der Waals surface area (Å²) in [6.07, 6.45) is 0.625. The molecule has 3 aromatic rings. The first-order valence-corrected chi connectivity index (χ1v) is 8.57. The van der Waals surface area contributed by atoms with Gasteiger partial charge in [0.15, 0.2) is 5.76 Å². The van der Waals surface area contributed by atoms with Crippen LogP contribution in [0, 0.1) is 15.9 Å². The highest BCUT2D eigenvalue weighted by Crippen LogP contribution is 2.33. The van der Waals surface area contributed by atoms with Crippen molar-refractivity contribution in [2.45, 2.75) is 13.0 Å². The van der Waals surface area contributed by atoms with Crippen LogP contribution in [-0.4, -0.2) is 17.4 Å². The topological polar surface area (TPSA) is 85.8 Å². The van der Waals surface area contributed by atoms with Crippen LogP contribution in [0.15, 0.2) is 59.0 Å². The van der Waals surface area contributed by atoms with E-state index in [-0.39, 0.29) is 29.8 Å². The van der Waals surface area contributed by atoms with Crippen LogP contribution in [0.3, 0.4) is 0 Å². The number of amides is 1. The molecule has 0 unspecified atom stereocenters. The van der Waals surface area contributed by atoms with E-state index in [0.29, 0.717) is 30.2 Å². The molecule has 1 amide bonds. The molecule has 8 heteroatoms. The van der Waals surface area contributed by atoms with Gasteiger partial charge in [-0.1, -0.05) is 6.07 Å². The summed E-state index contributed by atoms with van der Waals surface area (Å²) in [5, 5.41) is 11.0. The number of nitro groups is 1. The van der Waals surface area contributed by atoms with Crippen LogP contribution >= 0.6 is 0 Å². The number of rotatable bonds is 5. The zero-order valence-electron chi connectivity index (χ0n) is 14.6. The van der Waals surface area contributed by atoms with Crippen molar-refractivity contribution in [2.24, 2.45) is 0 Å². The Bertz CT molecular complexity index is 1050. The zero-order chi connectivity index (χ0) is 19.7. The highest BCUT2D eigenvalue weighted by molar-refractivity contribution is 6.05. The molecule has 28 heavy (non-hydrogen) atoms. The first-order chi connectivity index (χ1) is 13.5. The lowest BCUT2D eigenvalue weighted by molar-refractivity contribution is -0.384. The molecule has 0 fully saturated rings. The van der Waals surface area contributed by atoms with Gasteiger partial charge >= 0.3 is 0 Å². The number of ether oxygens (including phenoxy) is 1. The Labute approximate surface area is 159 Å². The molecule has 0 saturated carbocycles. The molecule has 0 aliphatic carbocycles. The van der Waals surface area contributed by atoms with E-state index in [4.69, 9.17) is 9.15 Å². The predicted octanol–water partition coefficient (Wildman–Crippen LogP) is 4.11. The maximum absolute atomic E-state index is 12.9. The second-order valence-electron chi connectivity index (χ2n) is 6.29. The molecule has 0 atom stereocenters. The molecule has 7 nitrogen and oxygen atoms in total. The van der Waals surface area contributed by atoms with Gasteiger partial charge in [0, 0.05) is 18.7 Å². The van der Waals surface area contributed by atoms with Crippen LogP contribution in [0.4, 0.5) is 15.8 Å². The monoisotopic (exact) mass is 382 g/mol. The van der Waals surface area contributed by atoms with Crippen molar-refractivity contribution in [1.29, 1.82) is 0 Å². The van der Waals surface area contributed by atoms with Crippen molar-refractivity contribution in [2.75, 3.05) is 11.4 Å². The van der Waals surface area contributed by atoms with Gasteiger partial charge < -0.3 is 14.1 Å². The number of furan rings is 1. The summed E-state index contributed by atoms with van der Waals surface area (Å²) < 4.78 is 24.0. The summed E-state index contributed by atoms with van der Waals surface area (Å²) >= 11 is 0. The molecule has 1 aliphatic rings. The second-order valence-corrected chi connectivity index (χ2v) is 6.29. The number of nitro benzene ring substituents is 1. The molecule has 4 rings (SSSR count). The molecule has 1 aromatic heterocycles. The van der Waals surface area contributed by atoms with Crippen LogP contribution in [0.25, 0.3) is 0 Å². The third-order valence-electron chi connectivity index (χ3n) is 4.49.